The Hall–Kier alpha value is -3.06. The molecule has 4 nitrogen and oxygen atoms in total. The van der Waals surface area contributed by atoms with Gasteiger partial charge in [0.1, 0.15) is 0 Å². The van der Waals surface area contributed by atoms with E-state index in [1.807, 2.05) is 42.6 Å². The maximum Gasteiger partial charge on any atom is 0.0991 e. The lowest BCUT2D eigenvalue weighted by Gasteiger charge is -2.02. The van der Waals surface area contributed by atoms with Crippen LogP contribution < -0.4 is 5.73 Å². The highest BCUT2D eigenvalue weighted by Gasteiger charge is 2.06. The molecule has 0 saturated heterocycles. The summed E-state index contributed by atoms with van der Waals surface area (Å²) in [6.07, 6.45) is 3.71. The van der Waals surface area contributed by atoms with Crippen molar-refractivity contribution in [3.05, 3.63) is 66.5 Å². The molecule has 1 heterocycles. The van der Waals surface area contributed by atoms with E-state index in [4.69, 9.17) is 11.0 Å². The molecule has 0 amide bonds. The molecule has 0 spiro atoms. The van der Waals surface area contributed by atoms with Crippen LogP contribution in [0, 0.1) is 11.3 Å². The van der Waals surface area contributed by atoms with E-state index >= 15 is 0 Å². The number of para-hydroxylation sites is 1. The first-order valence-electron chi connectivity index (χ1n) is 6.18. The molecule has 2 N–H and O–H groups in total. The highest BCUT2D eigenvalue weighted by Crippen LogP contribution is 2.25. The van der Waals surface area contributed by atoms with Gasteiger partial charge in [-0.2, -0.15) is 10.4 Å². The first-order valence-corrected chi connectivity index (χ1v) is 6.18. The number of aromatic nitrogens is 2. The number of nitriles is 1. The lowest BCUT2D eigenvalue weighted by molar-refractivity contribution is 0.880. The minimum Gasteiger partial charge on any atom is -0.398 e. The maximum atomic E-state index is 8.80. The zero-order valence-corrected chi connectivity index (χ0v) is 10.7. The number of nitrogens with two attached hydrogens (primary N) is 1. The van der Waals surface area contributed by atoms with Gasteiger partial charge in [-0.15, -0.1) is 0 Å². The van der Waals surface area contributed by atoms with Crippen LogP contribution in [-0.2, 0) is 0 Å². The van der Waals surface area contributed by atoms with Crippen LogP contribution in [0.4, 0.5) is 5.69 Å². The molecule has 20 heavy (non-hydrogen) atoms. The summed E-state index contributed by atoms with van der Waals surface area (Å²) in [5.41, 5.74) is 10.2. The second-order valence-electron chi connectivity index (χ2n) is 4.42. The molecule has 0 aliphatic heterocycles. The molecule has 0 atom stereocenters. The molecule has 0 saturated carbocycles. The van der Waals surface area contributed by atoms with Gasteiger partial charge in [0.25, 0.3) is 0 Å². The van der Waals surface area contributed by atoms with Crippen LogP contribution in [0.3, 0.4) is 0 Å². The Labute approximate surface area is 116 Å². The van der Waals surface area contributed by atoms with Gasteiger partial charge >= 0.3 is 0 Å². The predicted molar refractivity (Wildman–Crippen MR) is 78.1 cm³/mol. The molecular formula is C16H12N4. The van der Waals surface area contributed by atoms with Crippen molar-refractivity contribution in [3.8, 4) is 22.9 Å². The van der Waals surface area contributed by atoms with E-state index in [9.17, 15) is 0 Å². The monoisotopic (exact) mass is 260 g/mol. The number of rotatable bonds is 2. The molecule has 0 bridgehead atoms. The average molecular weight is 260 g/mol. The van der Waals surface area contributed by atoms with Crippen LogP contribution in [0.15, 0.2) is 60.9 Å². The van der Waals surface area contributed by atoms with E-state index in [0.29, 0.717) is 5.56 Å². The molecule has 1 aromatic heterocycles. The molecule has 0 unspecified atom stereocenters. The second-order valence-corrected chi connectivity index (χ2v) is 4.42. The Balaban J connectivity index is 1.98. The van der Waals surface area contributed by atoms with Crippen molar-refractivity contribution in [2.45, 2.75) is 0 Å². The van der Waals surface area contributed by atoms with Gasteiger partial charge in [-0.1, -0.05) is 18.2 Å². The van der Waals surface area contributed by atoms with Crippen LogP contribution >= 0.6 is 0 Å². The second kappa shape index (κ2) is 4.90. The number of anilines is 1. The molecule has 0 radical (unpaired) electrons. The smallest absolute Gasteiger partial charge is 0.0991 e. The van der Waals surface area contributed by atoms with Crippen molar-refractivity contribution in [1.29, 1.82) is 5.26 Å². The topological polar surface area (TPSA) is 67.6 Å². The quantitative estimate of drug-likeness (QED) is 0.720. The van der Waals surface area contributed by atoms with E-state index in [2.05, 4.69) is 11.2 Å². The van der Waals surface area contributed by atoms with Crippen molar-refractivity contribution in [2.24, 2.45) is 0 Å². The Kier molecular flexibility index (Phi) is 2.94. The standard InChI is InChI=1S/C16H12N4/c17-9-12-5-7-14(8-6-12)20-11-13(10-19-20)15-3-1-2-4-16(15)18/h1-8,10-11H,18H2. The highest BCUT2D eigenvalue weighted by atomic mass is 15.3. The molecule has 4 heteroatoms. The number of nitrogen functional groups attached to an aromatic ring is 1. The normalized spacial score (nSPS) is 10.2. The molecule has 2 aromatic carbocycles. The Morgan fingerprint density at radius 2 is 1.80 bits per heavy atom. The van der Waals surface area contributed by atoms with Gasteiger partial charge in [0.2, 0.25) is 0 Å². The van der Waals surface area contributed by atoms with Gasteiger partial charge in [0, 0.05) is 23.0 Å². The highest BCUT2D eigenvalue weighted by molar-refractivity contribution is 5.75. The zero-order valence-electron chi connectivity index (χ0n) is 10.7. The molecular weight excluding hydrogens is 248 g/mol. The van der Waals surface area contributed by atoms with Crippen molar-refractivity contribution in [2.75, 3.05) is 5.73 Å². The van der Waals surface area contributed by atoms with Gasteiger partial charge in [0.15, 0.2) is 0 Å². The SMILES string of the molecule is N#Cc1ccc(-n2cc(-c3ccccc3N)cn2)cc1. The van der Waals surface area contributed by atoms with Gasteiger partial charge in [0.05, 0.1) is 23.5 Å². The Morgan fingerprint density at radius 3 is 2.50 bits per heavy atom. The lowest BCUT2D eigenvalue weighted by atomic mass is 10.1. The summed E-state index contributed by atoms with van der Waals surface area (Å²) in [4.78, 5) is 0. The number of hydrogen-bond donors (Lipinski definition) is 1. The van der Waals surface area contributed by atoms with Crippen LogP contribution in [0.5, 0.6) is 0 Å². The Bertz CT molecular complexity index is 779. The number of benzene rings is 2. The van der Waals surface area contributed by atoms with Crippen molar-refractivity contribution in [3.63, 3.8) is 0 Å². The Morgan fingerprint density at radius 1 is 1.05 bits per heavy atom. The summed E-state index contributed by atoms with van der Waals surface area (Å²) in [5, 5.41) is 13.1. The van der Waals surface area contributed by atoms with Crippen LogP contribution in [0.2, 0.25) is 0 Å². The van der Waals surface area contributed by atoms with Gasteiger partial charge in [-0.25, -0.2) is 4.68 Å². The van der Waals surface area contributed by atoms with Crippen molar-refractivity contribution >= 4 is 5.69 Å². The third-order valence-electron chi connectivity index (χ3n) is 3.12. The van der Waals surface area contributed by atoms with Crippen molar-refractivity contribution in [1.82, 2.24) is 9.78 Å². The zero-order chi connectivity index (χ0) is 13.9. The number of nitrogens with zero attached hydrogens (tertiary/aromatic N) is 3. The van der Waals surface area contributed by atoms with E-state index in [-0.39, 0.29) is 0 Å². The average Bonchev–Trinajstić information content (AvgIpc) is 2.97. The molecule has 96 valence electrons. The molecule has 0 aliphatic rings. The summed E-state index contributed by atoms with van der Waals surface area (Å²) in [5.74, 6) is 0. The minimum atomic E-state index is 0.633. The molecule has 0 aliphatic carbocycles. The van der Waals surface area contributed by atoms with Gasteiger partial charge in [-0.3, -0.25) is 0 Å². The minimum absolute atomic E-state index is 0.633. The largest absolute Gasteiger partial charge is 0.398 e. The van der Waals surface area contributed by atoms with Crippen molar-refractivity contribution < 1.29 is 0 Å². The fourth-order valence-corrected chi connectivity index (χ4v) is 2.05. The molecule has 3 aromatic rings. The van der Waals surface area contributed by atoms with Gasteiger partial charge in [-0.05, 0) is 30.3 Å². The molecule has 3 rings (SSSR count). The lowest BCUT2D eigenvalue weighted by Crippen LogP contribution is -1.93. The fourth-order valence-electron chi connectivity index (χ4n) is 2.05. The first-order chi connectivity index (χ1) is 9.78. The van der Waals surface area contributed by atoms with Gasteiger partial charge < -0.3 is 5.73 Å². The summed E-state index contributed by atoms with van der Waals surface area (Å²) < 4.78 is 1.77. The van der Waals surface area contributed by atoms with E-state index < -0.39 is 0 Å². The molecule has 0 fully saturated rings. The fraction of sp³-hybridized carbons (Fsp3) is 0. The predicted octanol–water partition coefficient (Wildman–Crippen LogP) is 2.99. The summed E-state index contributed by atoms with van der Waals surface area (Å²) in [6.45, 7) is 0. The van der Waals surface area contributed by atoms with E-state index in [1.165, 1.54) is 0 Å². The van der Waals surface area contributed by atoms with Crippen LogP contribution in [0.25, 0.3) is 16.8 Å². The third-order valence-corrected chi connectivity index (χ3v) is 3.12. The summed E-state index contributed by atoms with van der Waals surface area (Å²) in [6, 6.07) is 17.1. The van der Waals surface area contributed by atoms with Crippen LogP contribution in [-0.4, -0.2) is 9.78 Å². The third kappa shape index (κ3) is 2.13. The van der Waals surface area contributed by atoms with Crippen LogP contribution in [0.1, 0.15) is 5.56 Å². The first kappa shape index (κ1) is 12.0. The number of hydrogen-bond acceptors (Lipinski definition) is 3. The summed E-state index contributed by atoms with van der Waals surface area (Å²) in [7, 11) is 0. The summed E-state index contributed by atoms with van der Waals surface area (Å²) >= 11 is 0. The van der Waals surface area contributed by atoms with E-state index in [1.54, 1.807) is 23.0 Å². The van der Waals surface area contributed by atoms with E-state index in [0.717, 1.165) is 22.5 Å². The maximum absolute atomic E-state index is 8.80.